The number of rotatable bonds is 11. The van der Waals surface area contributed by atoms with Crippen LogP contribution in [0.4, 0.5) is 0 Å². The topological polar surface area (TPSA) is 58.6 Å². The van der Waals surface area contributed by atoms with Crippen LogP contribution in [0.1, 0.15) is 37.0 Å². The van der Waals surface area contributed by atoms with E-state index >= 15 is 0 Å². The van der Waals surface area contributed by atoms with E-state index in [1.165, 1.54) is 0 Å². The van der Waals surface area contributed by atoms with E-state index < -0.39 is 6.04 Å². The molecule has 5 nitrogen and oxygen atoms in total. The van der Waals surface area contributed by atoms with E-state index in [9.17, 15) is 9.59 Å². The van der Waals surface area contributed by atoms with Crippen molar-refractivity contribution in [3.63, 3.8) is 0 Å². The van der Waals surface area contributed by atoms with Gasteiger partial charge in [0.15, 0.2) is 6.61 Å². The quantitative estimate of drug-likeness (QED) is 0.380. The zero-order chi connectivity index (χ0) is 25.2. The number of nitrogens with one attached hydrogen (secondary N) is 1. The van der Waals surface area contributed by atoms with Crippen LogP contribution in [0.3, 0.4) is 0 Å². The summed E-state index contributed by atoms with van der Waals surface area (Å²) in [7, 11) is 0. The summed E-state index contributed by atoms with van der Waals surface area (Å²) in [5.74, 6) is 0.148. The molecule has 0 aliphatic heterocycles. The average molecular weight is 493 g/mol. The Balaban J connectivity index is 1.90. The molecule has 0 fully saturated rings. The van der Waals surface area contributed by atoms with Gasteiger partial charge in [-0.1, -0.05) is 78.7 Å². The Labute approximate surface area is 213 Å². The molecule has 0 heterocycles. The lowest BCUT2D eigenvalue weighted by atomic mass is 10.0. The van der Waals surface area contributed by atoms with Crippen LogP contribution in [-0.4, -0.2) is 35.4 Å². The van der Waals surface area contributed by atoms with Gasteiger partial charge in [-0.15, -0.1) is 0 Å². The maximum Gasteiger partial charge on any atom is 0.261 e. The van der Waals surface area contributed by atoms with Gasteiger partial charge in [-0.2, -0.15) is 0 Å². The van der Waals surface area contributed by atoms with Crippen LogP contribution in [0.5, 0.6) is 5.75 Å². The highest BCUT2D eigenvalue weighted by Gasteiger charge is 2.31. The summed E-state index contributed by atoms with van der Waals surface area (Å²) in [4.78, 5) is 28.6. The monoisotopic (exact) mass is 492 g/mol. The fourth-order valence-corrected chi connectivity index (χ4v) is 3.90. The van der Waals surface area contributed by atoms with Crippen LogP contribution >= 0.6 is 11.6 Å². The molecule has 6 heteroatoms. The average Bonchev–Trinajstić information content (AvgIpc) is 2.86. The van der Waals surface area contributed by atoms with Crippen LogP contribution in [0.2, 0.25) is 5.02 Å². The molecule has 0 unspecified atom stereocenters. The summed E-state index contributed by atoms with van der Waals surface area (Å²) < 4.78 is 5.80. The minimum absolute atomic E-state index is 0.00676. The van der Waals surface area contributed by atoms with Crippen molar-refractivity contribution >= 4 is 23.4 Å². The molecule has 0 saturated heterocycles. The molecule has 2 atom stereocenters. The molecule has 0 spiro atoms. The van der Waals surface area contributed by atoms with Crippen molar-refractivity contribution in [2.24, 2.45) is 0 Å². The first kappa shape index (κ1) is 26.3. The second-order valence-corrected chi connectivity index (χ2v) is 9.21. The van der Waals surface area contributed by atoms with E-state index in [2.05, 4.69) is 5.32 Å². The molecule has 3 aromatic rings. The smallest absolute Gasteiger partial charge is 0.261 e. The number of halogens is 1. The molecular weight excluding hydrogens is 460 g/mol. The first-order chi connectivity index (χ1) is 16.9. The number of aryl methyl sites for hydroxylation is 1. The van der Waals surface area contributed by atoms with Gasteiger partial charge in [-0.3, -0.25) is 9.59 Å². The molecule has 2 amide bonds. The van der Waals surface area contributed by atoms with Gasteiger partial charge >= 0.3 is 0 Å². The Bertz CT molecular complexity index is 1100. The fraction of sp³-hybridized carbons (Fsp3) is 0.310. The van der Waals surface area contributed by atoms with Crippen molar-refractivity contribution in [2.75, 3.05) is 6.61 Å². The predicted octanol–water partition coefficient (Wildman–Crippen LogP) is 5.58. The van der Waals surface area contributed by atoms with Gasteiger partial charge in [0, 0.05) is 24.0 Å². The fourth-order valence-electron chi connectivity index (χ4n) is 3.69. The molecule has 184 valence electrons. The Hall–Kier alpha value is -3.31. The van der Waals surface area contributed by atoms with Crippen LogP contribution in [0.15, 0.2) is 78.9 Å². The number of hydrogen-bond acceptors (Lipinski definition) is 3. The van der Waals surface area contributed by atoms with Gasteiger partial charge in [0.25, 0.3) is 5.91 Å². The van der Waals surface area contributed by atoms with Gasteiger partial charge < -0.3 is 15.0 Å². The Morgan fingerprint density at radius 2 is 1.66 bits per heavy atom. The second-order valence-electron chi connectivity index (χ2n) is 8.78. The van der Waals surface area contributed by atoms with Crippen LogP contribution in [0.25, 0.3) is 0 Å². The summed E-state index contributed by atoms with van der Waals surface area (Å²) in [6.45, 7) is 6.03. The number of benzene rings is 3. The van der Waals surface area contributed by atoms with Crippen molar-refractivity contribution in [2.45, 2.75) is 52.2 Å². The van der Waals surface area contributed by atoms with Gasteiger partial charge in [-0.25, -0.2) is 0 Å². The zero-order valence-corrected chi connectivity index (χ0v) is 21.3. The molecule has 0 aliphatic rings. The Morgan fingerprint density at radius 1 is 0.971 bits per heavy atom. The lowest BCUT2D eigenvalue weighted by Crippen LogP contribution is -2.53. The van der Waals surface area contributed by atoms with E-state index in [-0.39, 0.29) is 31.0 Å². The van der Waals surface area contributed by atoms with Crippen LogP contribution in [-0.2, 0) is 22.6 Å². The van der Waals surface area contributed by atoms with Gasteiger partial charge in [0.05, 0.1) is 0 Å². The van der Waals surface area contributed by atoms with E-state index in [1.54, 1.807) is 11.0 Å². The molecule has 0 radical (unpaired) electrons. The van der Waals surface area contributed by atoms with Crippen LogP contribution < -0.4 is 10.1 Å². The molecule has 1 N–H and O–H groups in total. The van der Waals surface area contributed by atoms with Crippen molar-refractivity contribution in [1.82, 2.24) is 10.2 Å². The molecule has 3 rings (SSSR count). The Kier molecular flexibility index (Phi) is 9.74. The SMILES string of the molecule is CC[C@@H](C)NC(=O)[C@H](Cc1ccccc1)N(Cc1cccc(Cl)c1)C(=O)COc1ccc(C)cc1. The van der Waals surface area contributed by atoms with Crippen molar-refractivity contribution in [3.8, 4) is 5.75 Å². The predicted molar refractivity (Wildman–Crippen MR) is 141 cm³/mol. The zero-order valence-electron chi connectivity index (χ0n) is 20.5. The lowest BCUT2D eigenvalue weighted by Gasteiger charge is -2.32. The minimum atomic E-state index is -0.709. The molecular formula is C29H33ClN2O3. The third-order valence-electron chi connectivity index (χ3n) is 5.90. The number of amides is 2. The number of carbonyl (C=O) groups is 2. The third-order valence-corrected chi connectivity index (χ3v) is 6.13. The van der Waals surface area contributed by atoms with E-state index in [0.29, 0.717) is 17.2 Å². The highest BCUT2D eigenvalue weighted by atomic mass is 35.5. The van der Waals surface area contributed by atoms with Crippen molar-refractivity contribution < 1.29 is 14.3 Å². The van der Waals surface area contributed by atoms with Gasteiger partial charge in [-0.05, 0) is 55.7 Å². The van der Waals surface area contributed by atoms with E-state index in [1.807, 2.05) is 93.6 Å². The van der Waals surface area contributed by atoms with E-state index in [4.69, 9.17) is 16.3 Å². The first-order valence-electron chi connectivity index (χ1n) is 11.9. The summed E-state index contributed by atoms with van der Waals surface area (Å²) in [5, 5.41) is 3.64. The standard InChI is InChI=1S/C29H33ClN2O3/c1-4-22(3)31-29(34)27(18-23-9-6-5-7-10-23)32(19-24-11-8-12-25(30)17-24)28(33)20-35-26-15-13-21(2)14-16-26/h5-17,22,27H,4,18-20H2,1-3H3,(H,31,34)/t22-,27+/m1/s1. The molecule has 0 bridgehead atoms. The van der Waals surface area contributed by atoms with Crippen molar-refractivity contribution in [3.05, 3.63) is 101 Å². The van der Waals surface area contributed by atoms with Gasteiger partial charge in [0.1, 0.15) is 11.8 Å². The summed E-state index contributed by atoms with van der Waals surface area (Å²) in [5.41, 5.74) is 2.92. The minimum Gasteiger partial charge on any atom is -0.484 e. The lowest BCUT2D eigenvalue weighted by molar-refractivity contribution is -0.143. The summed E-state index contributed by atoms with van der Waals surface area (Å²) >= 11 is 6.21. The van der Waals surface area contributed by atoms with E-state index in [0.717, 1.165) is 23.1 Å². The maximum atomic E-state index is 13.6. The number of ether oxygens (including phenoxy) is 1. The number of carbonyl (C=O) groups excluding carboxylic acids is 2. The van der Waals surface area contributed by atoms with Crippen LogP contribution in [0, 0.1) is 6.92 Å². The van der Waals surface area contributed by atoms with Gasteiger partial charge in [0.2, 0.25) is 5.91 Å². The highest BCUT2D eigenvalue weighted by Crippen LogP contribution is 2.19. The molecule has 0 aliphatic carbocycles. The maximum absolute atomic E-state index is 13.6. The summed E-state index contributed by atoms with van der Waals surface area (Å²) in [6.07, 6.45) is 1.18. The largest absolute Gasteiger partial charge is 0.484 e. The first-order valence-corrected chi connectivity index (χ1v) is 12.3. The Morgan fingerprint density at radius 3 is 2.31 bits per heavy atom. The highest BCUT2D eigenvalue weighted by molar-refractivity contribution is 6.30. The van der Waals surface area contributed by atoms with Crippen molar-refractivity contribution in [1.29, 1.82) is 0 Å². The molecule has 0 saturated carbocycles. The third kappa shape index (κ3) is 8.15. The number of hydrogen-bond donors (Lipinski definition) is 1. The second kappa shape index (κ2) is 13.0. The molecule has 0 aromatic heterocycles. The molecule has 35 heavy (non-hydrogen) atoms. The molecule has 3 aromatic carbocycles. The summed E-state index contributed by atoms with van der Waals surface area (Å²) in [6, 6.07) is 23.9. The number of nitrogens with zero attached hydrogens (tertiary/aromatic N) is 1. The normalized spacial score (nSPS) is 12.5.